The molecule has 134 valence electrons. The third kappa shape index (κ3) is 2.50. The molecule has 4 rings (SSSR count). The summed E-state index contributed by atoms with van der Waals surface area (Å²) in [5.74, 6) is -0.140. The molecule has 1 aromatic carbocycles. The van der Waals surface area contributed by atoms with Crippen LogP contribution in [0.25, 0.3) is 10.2 Å². The lowest BCUT2D eigenvalue weighted by Crippen LogP contribution is -2.43. The maximum absolute atomic E-state index is 12.9. The summed E-state index contributed by atoms with van der Waals surface area (Å²) in [5, 5.41) is 1.78. The predicted octanol–water partition coefficient (Wildman–Crippen LogP) is 2.39. The van der Waals surface area contributed by atoms with Gasteiger partial charge in [-0.1, -0.05) is 18.2 Å². The molecule has 1 aliphatic heterocycles. The maximum Gasteiger partial charge on any atom is 0.332 e. The van der Waals surface area contributed by atoms with Gasteiger partial charge in [0.25, 0.3) is 5.56 Å². The highest BCUT2D eigenvalue weighted by Crippen LogP contribution is 2.27. The van der Waals surface area contributed by atoms with E-state index in [1.165, 1.54) is 20.5 Å². The van der Waals surface area contributed by atoms with Crippen LogP contribution >= 0.6 is 11.3 Å². The van der Waals surface area contributed by atoms with Crippen molar-refractivity contribution < 1.29 is 4.79 Å². The Kier molecular flexibility index (Phi) is 4.03. The van der Waals surface area contributed by atoms with E-state index in [2.05, 4.69) is 0 Å². The van der Waals surface area contributed by atoms with Crippen LogP contribution in [0.1, 0.15) is 25.5 Å². The largest absolute Gasteiger partial charge is 0.332 e. The van der Waals surface area contributed by atoms with Crippen LogP contribution in [0.2, 0.25) is 0 Å². The van der Waals surface area contributed by atoms with Crippen molar-refractivity contribution in [3.63, 3.8) is 0 Å². The van der Waals surface area contributed by atoms with Crippen molar-refractivity contribution >= 4 is 33.1 Å². The number of fused-ring (bicyclic) bond motifs is 2. The van der Waals surface area contributed by atoms with E-state index in [-0.39, 0.29) is 24.1 Å². The van der Waals surface area contributed by atoms with E-state index in [9.17, 15) is 14.4 Å². The molecule has 0 spiro atoms. The quantitative estimate of drug-likeness (QED) is 0.712. The predicted molar refractivity (Wildman–Crippen MR) is 103 cm³/mol. The molecule has 6 nitrogen and oxygen atoms in total. The molecule has 3 aromatic rings. The first kappa shape index (κ1) is 16.8. The zero-order chi connectivity index (χ0) is 18.4. The van der Waals surface area contributed by atoms with Crippen molar-refractivity contribution in [2.45, 2.75) is 32.9 Å². The minimum absolute atomic E-state index is 0.0760. The zero-order valence-corrected chi connectivity index (χ0v) is 15.5. The Morgan fingerprint density at radius 2 is 1.96 bits per heavy atom. The van der Waals surface area contributed by atoms with Crippen molar-refractivity contribution in [3.05, 3.63) is 62.1 Å². The first-order chi connectivity index (χ1) is 12.5. The summed E-state index contributed by atoms with van der Waals surface area (Å²) in [6.45, 7) is 4.13. The van der Waals surface area contributed by atoms with Crippen LogP contribution in [0.5, 0.6) is 0 Å². The molecule has 2 aromatic heterocycles. The van der Waals surface area contributed by atoms with Crippen LogP contribution in [0.15, 0.2) is 45.3 Å². The topological polar surface area (TPSA) is 64.3 Å². The highest BCUT2D eigenvalue weighted by atomic mass is 32.1. The lowest BCUT2D eigenvalue weighted by Gasteiger charge is -2.19. The van der Waals surface area contributed by atoms with Crippen LogP contribution in [0.4, 0.5) is 5.69 Å². The molecule has 1 amide bonds. The Labute approximate surface area is 153 Å². The van der Waals surface area contributed by atoms with Gasteiger partial charge in [-0.2, -0.15) is 0 Å². The fraction of sp³-hybridized carbons (Fsp3) is 0.316. The SMILES string of the molecule is CC(C)n1c(=O)c2sccc2n(CC(=O)N2CCc3ccccc32)c1=O. The van der Waals surface area contributed by atoms with Gasteiger partial charge >= 0.3 is 5.69 Å². The third-order valence-corrected chi connectivity index (χ3v) is 5.67. The number of benzene rings is 1. The summed E-state index contributed by atoms with van der Waals surface area (Å²) in [5.41, 5.74) is 1.86. The fourth-order valence-corrected chi connectivity index (χ4v) is 4.36. The van der Waals surface area contributed by atoms with Crippen LogP contribution in [-0.2, 0) is 17.8 Å². The van der Waals surface area contributed by atoms with Gasteiger partial charge in [0.2, 0.25) is 5.91 Å². The Balaban J connectivity index is 1.79. The molecule has 0 N–H and O–H groups in total. The summed E-state index contributed by atoms with van der Waals surface area (Å²) in [4.78, 5) is 40.1. The number of para-hydroxylation sites is 1. The summed E-state index contributed by atoms with van der Waals surface area (Å²) < 4.78 is 3.16. The van der Waals surface area contributed by atoms with E-state index in [1.807, 2.05) is 24.3 Å². The molecule has 1 aliphatic rings. The van der Waals surface area contributed by atoms with Gasteiger partial charge in [-0.3, -0.25) is 18.7 Å². The number of rotatable bonds is 3. The number of nitrogens with zero attached hydrogens (tertiary/aromatic N) is 3. The van der Waals surface area contributed by atoms with Gasteiger partial charge in [-0.05, 0) is 43.3 Å². The highest BCUT2D eigenvalue weighted by molar-refractivity contribution is 7.17. The van der Waals surface area contributed by atoms with Crippen molar-refractivity contribution in [1.29, 1.82) is 0 Å². The summed E-state index contributed by atoms with van der Waals surface area (Å²) in [7, 11) is 0. The molecule has 0 aliphatic carbocycles. The zero-order valence-electron chi connectivity index (χ0n) is 14.6. The first-order valence-electron chi connectivity index (χ1n) is 8.60. The molecule has 0 unspecified atom stereocenters. The van der Waals surface area contributed by atoms with E-state index in [1.54, 1.807) is 30.2 Å². The fourth-order valence-electron chi connectivity index (χ4n) is 3.53. The average Bonchev–Trinajstić information content (AvgIpc) is 3.25. The van der Waals surface area contributed by atoms with Crippen molar-refractivity contribution in [2.75, 3.05) is 11.4 Å². The lowest BCUT2D eigenvalue weighted by molar-refractivity contribution is -0.119. The molecule has 0 radical (unpaired) electrons. The normalized spacial score (nSPS) is 13.6. The molecule has 26 heavy (non-hydrogen) atoms. The molecule has 0 fully saturated rings. The van der Waals surface area contributed by atoms with Gasteiger partial charge in [0.1, 0.15) is 11.2 Å². The van der Waals surface area contributed by atoms with Crippen LogP contribution in [-0.4, -0.2) is 21.6 Å². The van der Waals surface area contributed by atoms with E-state index < -0.39 is 5.69 Å². The maximum atomic E-state index is 12.9. The van der Waals surface area contributed by atoms with Crippen LogP contribution < -0.4 is 16.1 Å². The molecule has 7 heteroatoms. The molecule has 0 bridgehead atoms. The molecule has 0 saturated heterocycles. The van der Waals surface area contributed by atoms with Gasteiger partial charge in [0.15, 0.2) is 0 Å². The Morgan fingerprint density at radius 1 is 1.19 bits per heavy atom. The van der Waals surface area contributed by atoms with Crippen molar-refractivity contribution in [3.8, 4) is 0 Å². The summed E-state index contributed by atoms with van der Waals surface area (Å²) in [6.07, 6.45) is 0.816. The second kappa shape index (κ2) is 6.25. The third-order valence-electron chi connectivity index (χ3n) is 4.78. The van der Waals surface area contributed by atoms with Gasteiger partial charge in [0.05, 0.1) is 5.52 Å². The summed E-state index contributed by atoms with van der Waals surface area (Å²) in [6, 6.07) is 9.29. The Hall–Kier alpha value is -2.67. The van der Waals surface area contributed by atoms with Gasteiger partial charge in [-0.25, -0.2) is 4.79 Å². The van der Waals surface area contributed by atoms with E-state index in [4.69, 9.17) is 0 Å². The monoisotopic (exact) mass is 369 g/mol. The summed E-state index contributed by atoms with van der Waals surface area (Å²) >= 11 is 1.30. The minimum atomic E-state index is -0.434. The molecule has 0 atom stereocenters. The van der Waals surface area contributed by atoms with Gasteiger partial charge < -0.3 is 4.90 Å². The lowest BCUT2D eigenvalue weighted by atomic mass is 10.2. The second-order valence-electron chi connectivity index (χ2n) is 6.70. The smallest absolute Gasteiger partial charge is 0.310 e. The number of anilines is 1. The number of amides is 1. The van der Waals surface area contributed by atoms with Gasteiger partial charge in [-0.15, -0.1) is 11.3 Å². The van der Waals surface area contributed by atoms with Crippen LogP contribution in [0.3, 0.4) is 0 Å². The molecule has 3 heterocycles. The van der Waals surface area contributed by atoms with Gasteiger partial charge in [0, 0.05) is 18.3 Å². The van der Waals surface area contributed by atoms with E-state index >= 15 is 0 Å². The molecular formula is C19H19N3O3S. The first-order valence-corrected chi connectivity index (χ1v) is 9.48. The number of carbonyl (C=O) groups excluding carboxylic acids is 1. The highest BCUT2D eigenvalue weighted by Gasteiger charge is 2.26. The van der Waals surface area contributed by atoms with Crippen molar-refractivity contribution in [2.24, 2.45) is 0 Å². The Bertz CT molecular complexity index is 1120. The standard InChI is InChI=1S/C19H19N3O3S/c1-12(2)22-18(24)17-15(8-10-26-17)21(19(22)25)11-16(23)20-9-7-13-5-3-4-6-14(13)20/h3-6,8,10,12H,7,9,11H2,1-2H3. The number of aromatic nitrogens is 2. The average molecular weight is 369 g/mol. The number of carbonyl (C=O) groups is 1. The van der Waals surface area contributed by atoms with Crippen LogP contribution in [0, 0.1) is 0 Å². The van der Waals surface area contributed by atoms with Crippen molar-refractivity contribution in [1.82, 2.24) is 9.13 Å². The van der Waals surface area contributed by atoms with E-state index in [0.717, 1.165) is 17.7 Å². The number of hydrogen-bond acceptors (Lipinski definition) is 4. The van der Waals surface area contributed by atoms with E-state index in [0.29, 0.717) is 16.8 Å². The second-order valence-corrected chi connectivity index (χ2v) is 7.61. The number of hydrogen-bond donors (Lipinski definition) is 0. The molecular weight excluding hydrogens is 350 g/mol. The Morgan fingerprint density at radius 3 is 2.73 bits per heavy atom. The number of thiophene rings is 1. The molecule has 0 saturated carbocycles. The minimum Gasteiger partial charge on any atom is -0.310 e.